The minimum Gasteiger partial charge on any atom is -0.459 e. The van der Waals surface area contributed by atoms with Crippen molar-refractivity contribution in [1.82, 2.24) is 5.32 Å². The van der Waals surface area contributed by atoms with Crippen LogP contribution in [0.5, 0.6) is 0 Å². The Balaban J connectivity index is 1.57. The zero-order valence-corrected chi connectivity index (χ0v) is 11.0. The molecule has 0 spiro atoms. The molecule has 102 valence electrons. The minimum absolute atomic E-state index is 0.0776. The summed E-state index contributed by atoms with van der Waals surface area (Å²) in [6, 6.07) is 5.78. The second-order valence-electron chi connectivity index (χ2n) is 5.17. The number of benzene rings is 1. The molecule has 0 amide bonds. The van der Waals surface area contributed by atoms with Gasteiger partial charge < -0.3 is 14.8 Å². The number of esters is 1. The first-order valence-electron chi connectivity index (χ1n) is 6.94. The molecule has 3 rings (SSSR count). The first-order chi connectivity index (χ1) is 9.33. The van der Waals surface area contributed by atoms with Crippen molar-refractivity contribution in [3.8, 4) is 0 Å². The maximum absolute atomic E-state index is 12.0. The van der Waals surface area contributed by atoms with E-state index in [1.807, 2.05) is 18.2 Å². The van der Waals surface area contributed by atoms with Crippen molar-refractivity contribution in [2.24, 2.45) is 0 Å². The van der Waals surface area contributed by atoms with Gasteiger partial charge in [-0.25, -0.2) is 4.79 Å². The van der Waals surface area contributed by atoms with Crippen molar-refractivity contribution in [3.05, 3.63) is 34.9 Å². The number of hydrogen-bond acceptors (Lipinski definition) is 4. The van der Waals surface area contributed by atoms with Crippen LogP contribution in [0.15, 0.2) is 18.2 Å². The summed E-state index contributed by atoms with van der Waals surface area (Å²) in [6.45, 7) is 2.88. The van der Waals surface area contributed by atoms with E-state index in [1.165, 1.54) is 11.1 Å². The molecule has 0 radical (unpaired) electrons. The van der Waals surface area contributed by atoms with Gasteiger partial charge in [-0.3, -0.25) is 0 Å². The van der Waals surface area contributed by atoms with E-state index in [4.69, 9.17) is 9.47 Å². The van der Waals surface area contributed by atoms with Crippen molar-refractivity contribution in [2.75, 3.05) is 13.2 Å². The first-order valence-corrected chi connectivity index (χ1v) is 6.94. The van der Waals surface area contributed by atoms with Crippen molar-refractivity contribution in [2.45, 2.75) is 38.5 Å². The third-order valence-corrected chi connectivity index (χ3v) is 3.75. The SMILES string of the molecule is O=C(OCC1CCCCO1)c1ccc2c(c1)CNC2. The lowest BCUT2D eigenvalue weighted by atomic mass is 10.1. The molecule has 0 bridgehead atoms. The number of carbonyl (C=O) groups is 1. The third kappa shape index (κ3) is 2.96. The van der Waals surface area contributed by atoms with E-state index < -0.39 is 0 Å². The van der Waals surface area contributed by atoms with Crippen LogP contribution < -0.4 is 5.32 Å². The Hall–Kier alpha value is -1.39. The van der Waals surface area contributed by atoms with Gasteiger partial charge >= 0.3 is 5.97 Å². The molecule has 1 saturated heterocycles. The molecule has 0 saturated carbocycles. The van der Waals surface area contributed by atoms with E-state index in [9.17, 15) is 4.79 Å². The molecule has 1 unspecified atom stereocenters. The normalized spacial score (nSPS) is 22.0. The quantitative estimate of drug-likeness (QED) is 0.846. The lowest BCUT2D eigenvalue weighted by Gasteiger charge is -2.22. The Kier molecular flexibility index (Phi) is 3.80. The van der Waals surface area contributed by atoms with E-state index in [0.717, 1.165) is 39.0 Å². The zero-order valence-electron chi connectivity index (χ0n) is 11.0. The number of fused-ring (bicyclic) bond motifs is 1. The van der Waals surface area contributed by atoms with Crippen LogP contribution >= 0.6 is 0 Å². The monoisotopic (exact) mass is 261 g/mol. The highest BCUT2D eigenvalue weighted by Gasteiger charge is 2.18. The molecule has 1 aromatic rings. The topological polar surface area (TPSA) is 47.6 Å². The summed E-state index contributed by atoms with van der Waals surface area (Å²) in [5, 5.41) is 3.27. The van der Waals surface area contributed by atoms with Gasteiger partial charge in [-0.05, 0) is 42.5 Å². The third-order valence-electron chi connectivity index (χ3n) is 3.75. The maximum atomic E-state index is 12.0. The number of ether oxygens (including phenoxy) is 2. The van der Waals surface area contributed by atoms with Crippen LogP contribution in [-0.4, -0.2) is 25.3 Å². The zero-order chi connectivity index (χ0) is 13.1. The van der Waals surface area contributed by atoms with E-state index in [-0.39, 0.29) is 12.1 Å². The number of nitrogens with one attached hydrogen (secondary N) is 1. The highest BCUT2D eigenvalue weighted by atomic mass is 16.6. The maximum Gasteiger partial charge on any atom is 0.338 e. The van der Waals surface area contributed by atoms with Gasteiger partial charge in [-0.2, -0.15) is 0 Å². The Morgan fingerprint density at radius 2 is 2.21 bits per heavy atom. The van der Waals surface area contributed by atoms with Gasteiger partial charge in [0.1, 0.15) is 6.61 Å². The summed E-state index contributed by atoms with van der Waals surface area (Å²) in [6.07, 6.45) is 3.34. The minimum atomic E-state index is -0.246. The molecule has 4 nitrogen and oxygen atoms in total. The van der Waals surface area contributed by atoms with Crippen molar-refractivity contribution >= 4 is 5.97 Å². The molecular weight excluding hydrogens is 242 g/mol. The van der Waals surface area contributed by atoms with E-state index in [1.54, 1.807) is 0 Å². The molecule has 1 atom stereocenters. The van der Waals surface area contributed by atoms with E-state index in [2.05, 4.69) is 5.32 Å². The second-order valence-corrected chi connectivity index (χ2v) is 5.17. The fraction of sp³-hybridized carbons (Fsp3) is 0.533. The number of hydrogen-bond donors (Lipinski definition) is 1. The highest BCUT2D eigenvalue weighted by molar-refractivity contribution is 5.89. The van der Waals surface area contributed by atoms with Gasteiger partial charge in [0.2, 0.25) is 0 Å². The first kappa shape index (κ1) is 12.6. The number of carbonyl (C=O) groups excluding carboxylic acids is 1. The van der Waals surface area contributed by atoms with Crippen LogP contribution in [0.2, 0.25) is 0 Å². The predicted octanol–water partition coefficient (Wildman–Crippen LogP) is 2.02. The molecule has 2 heterocycles. The van der Waals surface area contributed by atoms with Gasteiger partial charge in [0, 0.05) is 19.7 Å². The Morgan fingerprint density at radius 1 is 1.32 bits per heavy atom. The lowest BCUT2D eigenvalue weighted by Crippen LogP contribution is -2.26. The van der Waals surface area contributed by atoms with Gasteiger partial charge in [-0.1, -0.05) is 6.07 Å². The van der Waals surface area contributed by atoms with Gasteiger partial charge in [0.15, 0.2) is 0 Å². The Morgan fingerprint density at radius 3 is 3.05 bits per heavy atom. The summed E-state index contributed by atoms with van der Waals surface area (Å²) in [5.41, 5.74) is 3.11. The van der Waals surface area contributed by atoms with E-state index in [0.29, 0.717) is 12.2 Å². The fourth-order valence-corrected chi connectivity index (χ4v) is 2.61. The highest BCUT2D eigenvalue weighted by Crippen LogP contribution is 2.18. The predicted molar refractivity (Wildman–Crippen MR) is 70.9 cm³/mol. The second kappa shape index (κ2) is 5.72. The standard InChI is InChI=1S/C15H19NO3/c17-15(19-10-14-3-1-2-6-18-14)11-4-5-12-8-16-9-13(12)7-11/h4-5,7,14,16H,1-3,6,8-10H2. The molecule has 19 heavy (non-hydrogen) atoms. The molecule has 4 heteroatoms. The average molecular weight is 261 g/mol. The summed E-state index contributed by atoms with van der Waals surface area (Å²) in [7, 11) is 0. The summed E-state index contributed by atoms with van der Waals surface area (Å²) >= 11 is 0. The van der Waals surface area contributed by atoms with Crippen LogP contribution in [0.25, 0.3) is 0 Å². The summed E-state index contributed by atoms with van der Waals surface area (Å²) in [4.78, 5) is 12.0. The lowest BCUT2D eigenvalue weighted by molar-refractivity contribution is -0.0300. The van der Waals surface area contributed by atoms with Gasteiger partial charge in [0.05, 0.1) is 11.7 Å². The molecule has 1 aromatic carbocycles. The molecule has 2 aliphatic heterocycles. The van der Waals surface area contributed by atoms with E-state index >= 15 is 0 Å². The number of rotatable bonds is 3. The summed E-state index contributed by atoms with van der Waals surface area (Å²) < 4.78 is 10.9. The Bertz CT molecular complexity index is 466. The van der Waals surface area contributed by atoms with Gasteiger partial charge in [0.25, 0.3) is 0 Å². The molecular formula is C15H19NO3. The molecule has 1 fully saturated rings. The fourth-order valence-electron chi connectivity index (χ4n) is 2.61. The van der Waals surface area contributed by atoms with Crippen molar-refractivity contribution in [3.63, 3.8) is 0 Å². The molecule has 1 N–H and O–H groups in total. The van der Waals surface area contributed by atoms with Gasteiger partial charge in [-0.15, -0.1) is 0 Å². The Labute approximate surface area is 113 Å². The van der Waals surface area contributed by atoms with Crippen molar-refractivity contribution < 1.29 is 14.3 Å². The van der Waals surface area contributed by atoms with Crippen LogP contribution in [0, 0.1) is 0 Å². The van der Waals surface area contributed by atoms with Crippen LogP contribution in [0.4, 0.5) is 0 Å². The molecule has 0 aromatic heterocycles. The van der Waals surface area contributed by atoms with Crippen LogP contribution in [0.3, 0.4) is 0 Å². The van der Waals surface area contributed by atoms with Crippen LogP contribution in [-0.2, 0) is 22.6 Å². The smallest absolute Gasteiger partial charge is 0.338 e. The average Bonchev–Trinajstić information content (AvgIpc) is 2.93. The van der Waals surface area contributed by atoms with Crippen molar-refractivity contribution in [1.29, 1.82) is 0 Å². The van der Waals surface area contributed by atoms with Crippen LogP contribution in [0.1, 0.15) is 40.7 Å². The molecule has 0 aliphatic carbocycles. The largest absolute Gasteiger partial charge is 0.459 e. The molecule has 2 aliphatic rings. The summed E-state index contributed by atoms with van der Waals surface area (Å²) in [5.74, 6) is -0.246.